The number of nitrogens with zero attached hydrogens (tertiary/aromatic N) is 1. The van der Waals surface area contributed by atoms with E-state index in [9.17, 15) is 0 Å². The molecule has 0 N–H and O–H groups in total. The molecule has 3 rings (SSSR count). The standard InChI is InChI=1S/C13H17NS/c1-2-4-10(5-3-1)12-8-14-9-13-11(12)6-7-15-13/h6-8,10,12H,1-5,9H2. The average molecular weight is 219 g/mol. The van der Waals surface area contributed by atoms with Crippen molar-refractivity contribution in [2.75, 3.05) is 0 Å². The molecule has 1 saturated carbocycles. The van der Waals surface area contributed by atoms with Crippen LogP contribution < -0.4 is 0 Å². The van der Waals surface area contributed by atoms with Gasteiger partial charge in [-0.1, -0.05) is 19.3 Å². The summed E-state index contributed by atoms with van der Waals surface area (Å²) in [5.74, 6) is 1.51. The maximum atomic E-state index is 4.53. The molecule has 1 aromatic rings. The van der Waals surface area contributed by atoms with Crippen LogP contribution in [0.25, 0.3) is 0 Å². The summed E-state index contributed by atoms with van der Waals surface area (Å²) in [4.78, 5) is 6.04. The van der Waals surface area contributed by atoms with Crippen molar-refractivity contribution in [3.8, 4) is 0 Å². The number of aliphatic imine (C=N–C) groups is 1. The van der Waals surface area contributed by atoms with Gasteiger partial charge in [0.2, 0.25) is 0 Å². The lowest BCUT2D eigenvalue weighted by Gasteiger charge is -2.29. The van der Waals surface area contributed by atoms with Gasteiger partial charge < -0.3 is 0 Å². The van der Waals surface area contributed by atoms with Gasteiger partial charge in [0, 0.05) is 17.0 Å². The number of thiophene rings is 1. The highest BCUT2D eigenvalue weighted by atomic mass is 32.1. The first-order valence-corrected chi connectivity index (χ1v) is 6.89. The fraction of sp³-hybridized carbons (Fsp3) is 0.615. The fourth-order valence-electron chi connectivity index (χ4n) is 2.97. The maximum Gasteiger partial charge on any atom is 0.0732 e. The van der Waals surface area contributed by atoms with E-state index in [0.29, 0.717) is 5.92 Å². The third-order valence-electron chi connectivity index (χ3n) is 3.80. The number of rotatable bonds is 1. The third kappa shape index (κ3) is 1.76. The van der Waals surface area contributed by atoms with Gasteiger partial charge in [-0.15, -0.1) is 11.3 Å². The van der Waals surface area contributed by atoms with Crippen LogP contribution in [-0.2, 0) is 6.54 Å². The van der Waals surface area contributed by atoms with Crippen LogP contribution in [0.3, 0.4) is 0 Å². The van der Waals surface area contributed by atoms with Gasteiger partial charge in [0.15, 0.2) is 0 Å². The molecule has 80 valence electrons. The van der Waals surface area contributed by atoms with Crippen molar-refractivity contribution in [3.05, 3.63) is 21.9 Å². The SMILES string of the molecule is C1=NCc2sccc2C1C1CCCCC1. The molecule has 0 amide bonds. The molecule has 0 bridgehead atoms. The van der Waals surface area contributed by atoms with Crippen molar-refractivity contribution in [1.82, 2.24) is 0 Å². The predicted molar refractivity (Wildman–Crippen MR) is 65.8 cm³/mol. The molecule has 1 aliphatic carbocycles. The Morgan fingerprint density at radius 2 is 2.07 bits per heavy atom. The normalized spacial score (nSPS) is 26.5. The summed E-state index contributed by atoms with van der Waals surface area (Å²) < 4.78 is 0. The minimum Gasteiger partial charge on any atom is -0.291 e. The lowest BCUT2D eigenvalue weighted by atomic mass is 9.77. The Balaban J connectivity index is 1.85. The Morgan fingerprint density at radius 3 is 2.93 bits per heavy atom. The smallest absolute Gasteiger partial charge is 0.0732 e. The van der Waals surface area contributed by atoms with Crippen molar-refractivity contribution >= 4 is 17.6 Å². The van der Waals surface area contributed by atoms with Crippen molar-refractivity contribution < 1.29 is 0 Å². The monoisotopic (exact) mass is 219 g/mol. The molecule has 1 atom stereocenters. The third-order valence-corrected chi connectivity index (χ3v) is 4.72. The van der Waals surface area contributed by atoms with Gasteiger partial charge in [0.05, 0.1) is 6.54 Å². The van der Waals surface area contributed by atoms with Crippen LogP contribution in [0, 0.1) is 5.92 Å². The van der Waals surface area contributed by atoms with E-state index in [-0.39, 0.29) is 0 Å². The van der Waals surface area contributed by atoms with E-state index in [4.69, 9.17) is 0 Å². The second-order valence-corrected chi connectivity index (χ2v) is 5.71. The van der Waals surface area contributed by atoms with Crippen molar-refractivity contribution in [2.24, 2.45) is 10.9 Å². The Labute approximate surface area is 95.2 Å². The second kappa shape index (κ2) is 4.09. The average Bonchev–Trinajstić information content (AvgIpc) is 2.78. The van der Waals surface area contributed by atoms with Gasteiger partial charge in [0.1, 0.15) is 0 Å². The highest BCUT2D eigenvalue weighted by Gasteiger charge is 2.27. The highest BCUT2D eigenvalue weighted by Crippen LogP contribution is 2.39. The molecular weight excluding hydrogens is 202 g/mol. The summed E-state index contributed by atoms with van der Waals surface area (Å²) in [5, 5.41) is 2.23. The Bertz CT molecular complexity index is 360. The van der Waals surface area contributed by atoms with Crippen molar-refractivity contribution in [1.29, 1.82) is 0 Å². The van der Waals surface area contributed by atoms with E-state index >= 15 is 0 Å². The summed E-state index contributed by atoms with van der Waals surface area (Å²) in [7, 11) is 0. The minimum absolute atomic E-state index is 0.639. The quantitative estimate of drug-likeness (QED) is 0.677. The first-order chi connectivity index (χ1) is 7.45. The summed E-state index contributed by atoms with van der Waals surface area (Å²) >= 11 is 1.88. The van der Waals surface area contributed by atoms with E-state index in [2.05, 4.69) is 22.7 Å². The second-order valence-electron chi connectivity index (χ2n) is 4.71. The highest BCUT2D eigenvalue weighted by molar-refractivity contribution is 7.10. The lowest BCUT2D eigenvalue weighted by molar-refractivity contribution is 0.342. The molecule has 1 aliphatic heterocycles. The molecule has 1 unspecified atom stereocenters. The Morgan fingerprint density at radius 1 is 1.20 bits per heavy atom. The fourth-order valence-corrected chi connectivity index (χ4v) is 3.84. The molecule has 0 saturated heterocycles. The largest absolute Gasteiger partial charge is 0.291 e. The predicted octanol–water partition coefficient (Wildman–Crippen LogP) is 4.00. The zero-order chi connectivity index (χ0) is 10.1. The van der Waals surface area contributed by atoms with Crippen molar-refractivity contribution in [2.45, 2.75) is 44.6 Å². The molecule has 2 aliphatic rings. The molecule has 0 aromatic carbocycles. The summed E-state index contributed by atoms with van der Waals surface area (Å²) in [6.07, 6.45) is 9.34. The van der Waals surface area contributed by atoms with Crippen LogP contribution in [0.5, 0.6) is 0 Å². The molecule has 1 fully saturated rings. The number of hydrogen-bond donors (Lipinski definition) is 0. The summed E-state index contributed by atoms with van der Waals surface area (Å²) in [5.41, 5.74) is 1.59. The molecule has 15 heavy (non-hydrogen) atoms. The molecular formula is C13H17NS. The lowest BCUT2D eigenvalue weighted by Crippen LogP contribution is -2.19. The topological polar surface area (TPSA) is 12.4 Å². The summed E-state index contributed by atoms with van der Waals surface area (Å²) in [6.45, 7) is 0.927. The van der Waals surface area contributed by atoms with Gasteiger partial charge in [0.25, 0.3) is 0 Å². The van der Waals surface area contributed by atoms with E-state index in [1.165, 1.54) is 37.0 Å². The molecule has 1 aromatic heterocycles. The van der Waals surface area contributed by atoms with E-state index in [1.807, 2.05) is 11.3 Å². The zero-order valence-corrected chi connectivity index (χ0v) is 9.80. The van der Waals surface area contributed by atoms with Crippen LogP contribution in [-0.4, -0.2) is 6.21 Å². The Kier molecular flexibility index (Phi) is 2.61. The number of fused-ring (bicyclic) bond motifs is 1. The van der Waals surface area contributed by atoms with Crippen LogP contribution in [0.4, 0.5) is 0 Å². The zero-order valence-electron chi connectivity index (χ0n) is 8.98. The van der Waals surface area contributed by atoms with E-state index in [0.717, 1.165) is 12.5 Å². The molecule has 0 spiro atoms. The molecule has 0 radical (unpaired) electrons. The Hall–Kier alpha value is -0.630. The molecule has 1 nitrogen and oxygen atoms in total. The van der Waals surface area contributed by atoms with Crippen LogP contribution in [0.2, 0.25) is 0 Å². The van der Waals surface area contributed by atoms with Crippen LogP contribution in [0.15, 0.2) is 16.4 Å². The van der Waals surface area contributed by atoms with Crippen LogP contribution >= 0.6 is 11.3 Å². The number of hydrogen-bond acceptors (Lipinski definition) is 2. The first kappa shape index (κ1) is 9.59. The minimum atomic E-state index is 0.639. The van der Waals surface area contributed by atoms with Gasteiger partial charge in [-0.2, -0.15) is 0 Å². The van der Waals surface area contributed by atoms with Gasteiger partial charge >= 0.3 is 0 Å². The van der Waals surface area contributed by atoms with Crippen LogP contribution in [0.1, 0.15) is 48.5 Å². The summed E-state index contributed by atoms with van der Waals surface area (Å²) in [6, 6.07) is 2.32. The molecule has 2 heteroatoms. The first-order valence-electron chi connectivity index (χ1n) is 6.01. The van der Waals surface area contributed by atoms with E-state index in [1.54, 1.807) is 5.56 Å². The van der Waals surface area contributed by atoms with Gasteiger partial charge in [-0.05, 0) is 35.8 Å². The van der Waals surface area contributed by atoms with Gasteiger partial charge in [-0.3, -0.25) is 4.99 Å². The molecule has 2 heterocycles. The van der Waals surface area contributed by atoms with E-state index < -0.39 is 0 Å². The van der Waals surface area contributed by atoms with Gasteiger partial charge in [-0.25, -0.2) is 0 Å². The van der Waals surface area contributed by atoms with Crippen molar-refractivity contribution in [3.63, 3.8) is 0 Å². The maximum absolute atomic E-state index is 4.53.